The molecular weight excluding hydrogens is 408 g/mol. The van der Waals surface area contributed by atoms with E-state index in [9.17, 15) is 9.59 Å². The molecule has 0 radical (unpaired) electrons. The van der Waals surface area contributed by atoms with E-state index in [4.69, 9.17) is 5.11 Å². The van der Waals surface area contributed by atoms with E-state index >= 15 is 0 Å². The van der Waals surface area contributed by atoms with Crippen LogP contribution in [0, 0.1) is 0 Å². The van der Waals surface area contributed by atoms with Crippen molar-refractivity contribution in [1.29, 1.82) is 0 Å². The molecule has 1 amide bonds. The molecule has 29 heavy (non-hydrogen) atoms. The smallest absolute Gasteiger partial charge is 0.305 e. The Bertz CT molecular complexity index is 861. The van der Waals surface area contributed by atoms with Gasteiger partial charge in [0.05, 0.1) is 16.5 Å². The third-order valence-corrected chi connectivity index (χ3v) is 6.74. The molecule has 7 nitrogen and oxygen atoms in total. The molecule has 0 fully saturated rings. The Morgan fingerprint density at radius 1 is 1.38 bits per heavy atom. The predicted octanol–water partition coefficient (Wildman–Crippen LogP) is 3.97. The lowest BCUT2D eigenvalue weighted by atomic mass is 9.97. The number of carboxylic acid groups (broad SMARTS) is 1. The number of allylic oxidation sites excluding steroid dienone is 1. The molecule has 0 bridgehead atoms. The Balaban J connectivity index is 1.61. The first-order chi connectivity index (χ1) is 14.0. The zero-order valence-corrected chi connectivity index (χ0v) is 18.1. The van der Waals surface area contributed by atoms with Crippen LogP contribution in [0.3, 0.4) is 0 Å². The molecule has 1 aliphatic rings. The summed E-state index contributed by atoms with van der Waals surface area (Å²) in [5.41, 5.74) is 1.44. The quantitative estimate of drug-likeness (QED) is 0.434. The summed E-state index contributed by atoms with van der Waals surface area (Å²) < 4.78 is 1.79. The molecule has 2 N–H and O–H groups in total. The summed E-state index contributed by atoms with van der Waals surface area (Å²) in [6.07, 6.45) is 7.96. The van der Waals surface area contributed by atoms with E-state index in [0.717, 1.165) is 24.1 Å². The summed E-state index contributed by atoms with van der Waals surface area (Å²) in [6.45, 7) is 2.74. The number of aromatic nitrogens is 3. The Labute approximate surface area is 178 Å². The van der Waals surface area contributed by atoms with Gasteiger partial charge in [-0.05, 0) is 50.5 Å². The van der Waals surface area contributed by atoms with E-state index in [1.54, 1.807) is 4.57 Å². The van der Waals surface area contributed by atoms with Gasteiger partial charge in [-0.1, -0.05) is 29.5 Å². The summed E-state index contributed by atoms with van der Waals surface area (Å²) in [7, 11) is 0. The van der Waals surface area contributed by atoms with Crippen LogP contribution in [0.15, 0.2) is 34.3 Å². The summed E-state index contributed by atoms with van der Waals surface area (Å²) in [5, 5.41) is 22.7. The highest BCUT2D eigenvalue weighted by Gasteiger charge is 2.21. The van der Waals surface area contributed by atoms with Gasteiger partial charge in [-0.3, -0.25) is 9.59 Å². The van der Waals surface area contributed by atoms with Gasteiger partial charge in [-0.2, -0.15) is 0 Å². The average Bonchev–Trinajstić information content (AvgIpc) is 3.36. The minimum atomic E-state index is -0.880. The fourth-order valence-electron chi connectivity index (χ4n) is 3.21. The molecule has 1 aliphatic carbocycles. The number of hydrogen-bond donors (Lipinski definition) is 2. The van der Waals surface area contributed by atoms with E-state index in [2.05, 4.69) is 21.6 Å². The number of nitrogens with zero attached hydrogens (tertiary/aromatic N) is 3. The fourth-order valence-corrected chi connectivity index (χ4v) is 4.82. The molecule has 1 unspecified atom stereocenters. The lowest BCUT2D eigenvalue weighted by Crippen LogP contribution is -2.32. The van der Waals surface area contributed by atoms with Gasteiger partial charge < -0.3 is 15.0 Å². The molecule has 0 saturated heterocycles. The lowest BCUT2D eigenvalue weighted by Gasteiger charge is -2.15. The second-order valence-corrected chi connectivity index (χ2v) is 9.24. The number of nitrogens with one attached hydrogen (secondary N) is 1. The van der Waals surface area contributed by atoms with Crippen molar-refractivity contribution < 1.29 is 14.7 Å². The second-order valence-electron chi connectivity index (χ2n) is 6.99. The average molecular weight is 435 g/mol. The summed E-state index contributed by atoms with van der Waals surface area (Å²) in [5.74, 6) is -0.285. The highest BCUT2D eigenvalue weighted by atomic mass is 32.2. The zero-order chi connectivity index (χ0) is 20.6. The second kappa shape index (κ2) is 10.6. The number of rotatable bonds is 10. The minimum absolute atomic E-state index is 0.0281. The van der Waals surface area contributed by atoms with Gasteiger partial charge in [0.15, 0.2) is 11.0 Å². The van der Waals surface area contributed by atoms with Crippen LogP contribution >= 0.6 is 23.1 Å². The SMILES string of the molecule is CC(Sc1nnc(-c2cccs2)n1CCC(=O)O)C(=O)NCCC1=CCCCC1. The van der Waals surface area contributed by atoms with Crippen molar-refractivity contribution in [1.82, 2.24) is 20.1 Å². The van der Waals surface area contributed by atoms with Crippen molar-refractivity contribution in [2.75, 3.05) is 6.54 Å². The molecule has 3 rings (SSSR count). The van der Waals surface area contributed by atoms with E-state index < -0.39 is 5.97 Å². The van der Waals surface area contributed by atoms with Crippen LogP contribution in [-0.4, -0.2) is 43.5 Å². The van der Waals surface area contributed by atoms with E-state index in [1.807, 2.05) is 24.4 Å². The molecule has 156 valence electrons. The standard InChI is InChI=1S/C20H26N4O3S2/c1-14(19(27)21-11-9-15-6-3-2-4-7-15)29-20-23-22-18(16-8-5-13-28-16)24(20)12-10-17(25)26/h5-6,8,13-14H,2-4,7,9-12H2,1H3,(H,21,27)(H,25,26). The maximum absolute atomic E-state index is 12.5. The van der Waals surface area contributed by atoms with Crippen molar-refractivity contribution in [3.63, 3.8) is 0 Å². The molecule has 2 aromatic rings. The highest BCUT2D eigenvalue weighted by molar-refractivity contribution is 8.00. The van der Waals surface area contributed by atoms with E-state index in [-0.39, 0.29) is 24.1 Å². The number of carbonyl (C=O) groups excluding carboxylic acids is 1. The zero-order valence-electron chi connectivity index (χ0n) is 16.5. The normalized spacial score (nSPS) is 15.0. The minimum Gasteiger partial charge on any atom is -0.481 e. The van der Waals surface area contributed by atoms with Crippen LogP contribution in [0.4, 0.5) is 0 Å². The van der Waals surface area contributed by atoms with Crippen LogP contribution in [0.2, 0.25) is 0 Å². The number of thioether (sulfide) groups is 1. The monoisotopic (exact) mass is 434 g/mol. The number of thiophene rings is 1. The molecule has 1 atom stereocenters. The van der Waals surface area contributed by atoms with Crippen LogP contribution in [0.25, 0.3) is 10.7 Å². The molecule has 0 saturated carbocycles. The number of carboxylic acids is 1. The summed E-state index contributed by atoms with van der Waals surface area (Å²) in [4.78, 5) is 24.5. The fraction of sp³-hybridized carbons (Fsp3) is 0.500. The van der Waals surface area contributed by atoms with Gasteiger partial charge in [0, 0.05) is 13.1 Å². The van der Waals surface area contributed by atoms with Crippen LogP contribution in [-0.2, 0) is 16.1 Å². The van der Waals surface area contributed by atoms with E-state index in [1.165, 1.54) is 41.5 Å². The van der Waals surface area contributed by atoms with Crippen molar-refractivity contribution in [3.05, 3.63) is 29.2 Å². The maximum atomic E-state index is 12.5. The number of amides is 1. The van der Waals surface area contributed by atoms with E-state index in [0.29, 0.717) is 17.5 Å². The third-order valence-electron chi connectivity index (χ3n) is 4.79. The Kier molecular flexibility index (Phi) is 7.88. The van der Waals surface area contributed by atoms with Crippen LogP contribution in [0.1, 0.15) is 45.4 Å². The first kappa shape index (κ1) is 21.6. The number of carbonyl (C=O) groups is 2. The molecule has 0 aromatic carbocycles. The summed E-state index contributed by atoms with van der Waals surface area (Å²) >= 11 is 2.83. The highest BCUT2D eigenvalue weighted by Crippen LogP contribution is 2.29. The Morgan fingerprint density at radius 3 is 2.93 bits per heavy atom. The molecule has 9 heteroatoms. The number of aliphatic carboxylic acids is 1. The van der Waals surface area contributed by atoms with Crippen LogP contribution < -0.4 is 5.32 Å². The molecule has 0 spiro atoms. The molecular formula is C20H26N4O3S2. The third kappa shape index (κ3) is 6.17. The van der Waals surface area contributed by atoms with Crippen molar-refractivity contribution in [2.45, 2.75) is 62.4 Å². The molecule has 2 aromatic heterocycles. The van der Waals surface area contributed by atoms with Crippen molar-refractivity contribution in [2.24, 2.45) is 0 Å². The summed E-state index contributed by atoms with van der Waals surface area (Å²) in [6, 6.07) is 3.84. The number of hydrogen-bond acceptors (Lipinski definition) is 6. The van der Waals surface area contributed by atoms with Crippen molar-refractivity contribution >= 4 is 35.0 Å². The largest absolute Gasteiger partial charge is 0.481 e. The van der Waals surface area contributed by atoms with Gasteiger partial charge >= 0.3 is 5.97 Å². The van der Waals surface area contributed by atoms with Gasteiger partial charge in [0.1, 0.15) is 0 Å². The topological polar surface area (TPSA) is 97.1 Å². The van der Waals surface area contributed by atoms with Gasteiger partial charge in [-0.25, -0.2) is 0 Å². The first-order valence-corrected chi connectivity index (χ1v) is 11.6. The van der Waals surface area contributed by atoms with Crippen LogP contribution in [0.5, 0.6) is 0 Å². The van der Waals surface area contributed by atoms with Gasteiger partial charge in [0.2, 0.25) is 5.91 Å². The molecule has 2 heterocycles. The van der Waals surface area contributed by atoms with Crippen molar-refractivity contribution in [3.8, 4) is 10.7 Å². The predicted molar refractivity (Wildman–Crippen MR) is 115 cm³/mol. The lowest BCUT2D eigenvalue weighted by molar-refractivity contribution is -0.137. The van der Waals surface area contributed by atoms with Gasteiger partial charge in [0.25, 0.3) is 0 Å². The van der Waals surface area contributed by atoms with Gasteiger partial charge in [-0.15, -0.1) is 21.5 Å². The Hall–Kier alpha value is -2.13. The molecule has 0 aliphatic heterocycles. The first-order valence-electron chi connectivity index (χ1n) is 9.85. The maximum Gasteiger partial charge on any atom is 0.305 e. The Morgan fingerprint density at radius 2 is 2.24 bits per heavy atom.